The fraction of sp³-hybridized carbons (Fsp3) is 0.692. The Morgan fingerprint density at radius 3 is 2.48 bits per heavy atom. The van der Waals surface area contributed by atoms with Crippen molar-refractivity contribution in [3.63, 3.8) is 0 Å². The summed E-state index contributed by atoms with van der Waals surface area (Å²) >= 11 is 0. The van der Waals surface area contributed by atoms with E-state index in [9.17, 15) is 8.42 Å². The first kappa shape index (κ1) is 17.6. The molecule has 7 nitrogen and oxygen atoms in total. The molecule has 21 heavy (non-hydrogen) atoms. The minimum Gasteiger partial charge on any atom is -0.368 e. The minimum absolute atomic E-state index is 0.420. The molecular weight excluding hydrogens is 290 g/mol. The molecule has 8 heteroatoms. The van der Waals surface area contributed by atoms with Crippen molar-refractivity contribution in [3.8, 4) is 0 Å². The fourth-order valence-corrected chi connectivity index (χ4v) is 2.90. The van der Waals surface area contributed by atoms with Gasteiger partial charge in [-0.15, -0.1) is 0 Å². The average Bonchev–Trinajstić information content (AvgIpc) is 2.30. The van der Waals surface area contributed by atoms with Crippen LogP contribution in [0.3, 0.4) is 0 Å². The number of hydrogen-bond acceptors (Lipinski definition) is 6. The molecule has 1 heterocycles. The second kappa shape index (κ2) is 7.04. The maximum atomic E-state index is 11.3. The zero-order valence-electron chi connectivity index (χ0n) is 13.3. The first-order valence-electron chi connectivity index (χ1n) is 6.94. The zero-order valence-corrected chi connectivity index (χ0v) is 14.1. The lowest BCUT2D eigenvalue weighted by Crippen LogP contribution is -2.47. The summed E-state index contributed by atoms with van der Waals surface area (Å²) in [5.41, 5.74) is 0.240. The maximum Gasteiger partial charge on any atom is 0.224 e. The molecule has 0 radical (unpaired) electrons. The summed E-state index contributed by atoms with van der Waals surface area (Å²) < 4.78 is 25.2. The quantitative estimate of drug-likeness (QED) is 0.670. The third-order valence-corrected chi connectivity index (χ3v) is 3.48. The second-order valence-corrected chi connectivity index (χ2v) is 7.51. The molecule has 0 saturated carbocycles. The molecule has 0 aliphatic heterocycles. The standard InChI is InChI=1S/C13H25N5O2S/c1-6-7-14-12-16-10(2)8-11(17-12)15-9-13(3,4)18-21(5,19)20/h8,18H,6-7,9H2,1-5H3,(H2,14,15,16,17). The van der Waals surface area contributed by atoms with E-state index in [0.29, 0.717) is 18.3 Å². The van der Waals surface area contributed by atoms with E-state index in [4.69, 9.17) is 0 Å². The van der Waals surface area contributed by atoms with E-state index >= 15 is 0 Å². The Morgan fingerprint density at radius 1 is 1.24 bits per heavy atom. The molecule has 0 amide bonds. The van der Waals surface area contributed by atoms with Crippen LogP contribution in [0.25, 0.3) is 0 Å². The molecule has 0 aromatic carbocycles. The second-order valence-electron chi connectivity index (χ2n) is 5.76. The number of nitrogens with zero attached hydrogens (tertiary/aromatic N) is 2. The van der Waals surface area contributed by atoms with Crippen LogP contribution in [0, 0.1) is 6.92 Å². The highest BCUT2D eigenvalue weighted by Crippen LogP contribution is 2.12. The van der Waals surface area contributed by atoms with Gasteiger partial charge < -0.3 is 10.6 Å². The van der Waals surface area contributed by atoms with Gasteiger partial charge in [0.15, 0.2) is 0 Å². The number of hydrogen-bond donors (Lipinski definition) is 3. The molecule has 0 atom stereocenters. The predicted octanol–water partition coefficient (Wildman–Crippen LogP) is 1.35. The van der Waals surface area contributed by atoms with Crippen LogP contribution in [0.15, 0.2) is 6.07 Å². The lowest BCUT2D eigenvalue weighted by atomic mass is 10.1. The number of aromatic nitrogens is 2. The van der Waals surface area contributed by atoms with Crippen molar-refractivity contribution in [2.45, 2.75) is 39.7 Å². The van der Waals surface area contributed by atoms with Crippen molar-refractivity contribution in [2.75, 3.05) is 30.0 Å². The van der Waals surface area contributed by atoms with Crippen LogP contribution in [-0.4, -0.2) is 43.3 Å². The van der Waals surface area contributed by atoms with E-state index in [1.54, 1.807) is 0 Å². The van der Waals surface area contributed by atoms with Crippen molar-refractivity contribution in [3.05, 3.63) is 11.8 Å². The molecule has 0 unspecified atom stereocenters. The van der Waals surface area contributed by atoms with E-state index in [1.165, 1.54) is 0 Å². The third-order valence-electron chi connectivity index (χ3n) is 2.56. The average molecular weight is 315 g/mol. The number of aryl methyl sites for hydroxylation is 1. The highest BCUT2D eigenvalue weighted by molar-refractivity contribution is 7.88. The highest BCUT2D eigenvalue weighted by Gasteiger charge is 2.22. The third kappa shape index (κ3) is 7.24. The SMILES string of the molecule is CCCNc1nc(C)cc(NCC(C)(C)NS(C)(=O)=O)n1. The van der Waals surface area contributed by atoms with Crippen LogP contribution in [0.4, 0.5) is 11.8 Å². The summed E-state index contributed by atoms with van der Waals surface area (Å²) in [4.78, 5) is 8.66. The Bertz CT molecular complexity index is 572. The van der Waals surface area contributed by atoms with Gasteiger partial charge in [0.05, 0.1) is 6.26 Å². The van der Waals surface area contributed by atoms with Crippen LogP contribution >= 0.6 is 0 Å². The van der Waals surface area contributed by atoms with Gasteiger partial charge in [0.1, 0.15) is 5.82 Å². The van der Waals surface area contributed by atoms with Gasteiger partial charge >= 0.3 is 0 Å². The molecule has 120 valence electrons. The van der Waals surface area contributed by atoms with Gasteiger partial charge in [-0.25, -0.2) is 18.1 Å². The molecule has 1 aromatic heterocycles. The Kier molecular flexibility index (Phi) is 5.91. The number of anilines is 2. The molecular formula is C13H25N5O2S. The van der Waals surface area contributed by atoms with Crippen LogP contribution in [0.5, 0.6) is 0 Å². The molecule has 3 N–H and O–H groups in total. The van der Waals surface area contributed by atoms with Crippen LogP contribution < -0.4 is 15.4 Å². The smallest absolute Gasteiger partial charge is 0.224 e. The number of nitrogens with one attached hydrogen (secondary N) is 3. The van der Waals surface area contributed by atoms with Gasteiger partial charge in [-0.1, -0.05) is 6.92 Å². The Labute approximate surface area is 127 Å². The maximum absolute atomic E-state index is 11.3. The first-order valence-corrected chi connectivity index (χ1v) is 8.83. The summed E-state index contributed by atoms with van der Waals surface area (Å²) in [5, 5.41) is 6.28. The van der Waals surface area contributed by atoms with Crippen molar-refractivity contribution < 1.29 is 8.42 Å². The summed E-state index contributed by atoms with van der Waals surface area (Å²) in [7, 11) is -3.25. The monoisotopic (exact) mass is 315 g/mol. The Hall–Kier alpha value is -1.41. The summed E-state index contributed by atoms with van der Waals surface area (Å²) in [6.45, 7) is 8.82. The largest absolute Gasteiger partial charge is 0.368 e. The van der Waals surface area contributed by atoms with Gasteiger partial charge in [0.25, 0.3) is 0 Å². The zero-order chi connectivity index (χ0) is 16.1. The fourth-order valence-electron chi connectivity index (χ4n) is 1.82. The normalized spacial score (nSPS) is 12.2. The van der Waals surface area contributed by atoms with Gasteiger partial charge in [-0.2, -0.15) is 4.98 Å². The van der Waals surface area contributed by atoms with Crippen molar-refractivity contribution in [1.29, 1.82) is 0 Å². The molecule has 0 bridgehead atoms. The Balaban J connectivity index is 2.72. The van der Waals surface area contributed by atoms with E-state index in [2.05, 4.69) is 32.2 Å². The lowest BCUT2D eigenvalue weighted by molar-refractivity contribution is 0.476. The summed E-state index contributed by atoms with van der Waals surface area (Å²) in [6.07, 6.45) is 2.14. The van der Waals surface area contributed by atoms with Gasteiger partial charge in [0.2, 0.25) is 16.0 Å². The first-order chi connectivity index (χ1) is 9.61. The van der Waals surface area contributed by atoms with E-state index in [0.717, 1.165) is 24.9 Å². The molecule has 0 aliphatic rings. The minimum atomic E-state index is -3.25. The van der Waals surface area contributed by atoms with E-state index in [-0.39, 0.29) is 0 Å². The molecule has 0 aliphatic carbocycles. The topological polar surface area (TPSA) is 96.0 Å². The highest BCUT2D eigenvalue weighted by atomic mass is 32.2. The van der Waals surface area contributed by atoms with Gasteiger partial charge in [-0.3, -0.25) is 0 Å². The molecule has 1 rings (SSSR count). The van der Waals surface area contributed by atoms with Crippen LogP contribution in [0.1, 0.15) is 32.9 Å². The van der Waals surface area contributed by atoms with Gasteiger partial charge in [0, 0.05) is 30.4 Å². The van der Waals surface area contributed by atoms with Crippen molar-refractivity contribution in [1.82, 2.24) is 14.7 Å². The van der Waals surface area contributed by atoms with Crippen molar-refractivity contribution in [2.24, 2.45) is 0 Å². The Morgan fingerprint density at radius 2 is 1.90 bits per heavy atom. The number of sulfonamides is 1. The van der Waals surface area contributed by atoms with Crippen LogP contribution in [-0.2, 0) is 10.0 Å². The summed E-state index contributed by atoms with van der Waals surface area (Å²) in [5.74, 6) is 1.25. The molecule has 0 spiro atoms. The number of rotatable bonds is 8. The predicted molar refractivity (Wildman–Crippen MR) is 86.1 cm³/mol. The molecule has 1 aromatic rings. The van der Waals surface area contributed by atoms with Crippen LogP contribution in [0.2, 0.25) is 0 Å². The van der Waals surface area contributed by atoms with Gasteiger partial charge in [-0.05, 0) is 27.2 Å². The van der Waals surface area contributed by atoms with E-state index < -0.39 is 15.6 Å². The summed E-state index contributed by atoms with van der Waals surface area (Å²) in [6, 6.07) is 1.83. The molecule has 0 saturated heterocycles. The molecule has 0 fully saturated rings. The van der Waals surface area contributed by atoms with Crippen molar-refractivity contribution >= 4 is 21.8 Å². The lowest BCUT2D eigenvalue weighted by Gasteiger charge is -2.25. The van der Waals surface area contributed by atoms with E-state index in [1.807, 2.05) is 26.8 Å².